The average Bonchev–Trinajstić information content (AvgIpc) is 2.79. The topological polar surface area (TPSA) is 17.1 Å². The van der Waals surface area contributed by atoms with Crippen LogP contribution in [-0.4, -0.2) is 5.78 Å². The van der Waals surface area contributed by atoms with E-state index in [1.807, 2.05) is 48.5 Å². The van der Waals surface area contributed by atoms with Crippen molar-refractivity contribution in [3.8, 4) is 0 Å². The fourth-order valence-electron chi connectivity index (χ4n) is 3.94. The summed E-state index contributed by atoms with van der Waals surface area (Å²) in [6.07, 6.45) is 0. The smallest absolute Gasteiger partial charge is 0.156 e. The number of hydrogen-bond donors (Lipinski definition) is 0. The highest BCUT2D eigenvalue weighted by Crippen LogP contribution is 2.41. The van der Waals surface area contributed by atoms with Crippen molar-refractivity contribution >= 4 is 84.0 Å². The number of halogens is 6. The predicted molar refractivity (Wildman–Crippen MR) is 150 cm³/mol. The van der Waals surface area contributed by atoms with E-state index >= 15 is 0 Å². The monoisotopic (exact) mass is 654 g/mol. The molecule has 0 amide bonds. The molecule has 0 aromatic heterocycles. The number of rotatable bonds is 6. The normalized spacial score (nSPS) is 12.9. The molecule has 0 bridgehead atoms. The Labute approximate surface area is 235 Å². The summed E-state index contributed by atoms with van der Waals surface area (Å²) in [7, 11) is 0. The first-order chi connectivity index (χ1) is 16.2. The second-order valence-electron chi connectivity index (χ2n) is 7.70. The van der Waals surface area contributed by atoms with Gasteiger partial charge in [0.25, 0.3) is 0 Å². The van der Waals surface area contributed by atoms with Crippen molar-refractivity contribution in [1.29, 1.82) is 0 Å². The van der Waals surface area contributed by atoms with Gasteiger partial charge in [-0.3, -0.25) is 4.79 Å². The zero-order chi connectivity index (χ0) is 24.4. The van der Waals surface area contributed by atoms with Crippen molar-refractivity contribution in [3.05, 3.63) is 136 Å². The Hall–Kier alpha value is -1.33. The standard InChI is InChI=1S/C27H16Br2Cl4O/c28-17-5-1-15(2-6-17)25(21-11-9-19(30)13-23(21)32)27(34)26(16-3-7-18(29)8-4-16)22-12-10-20(31)14-24(22)33/h1-14,25-26H. The molecule has 0 saturated carbocycles. The van der Waals surface area contributed by atoms with Crippen LogP contribution in [0.2, 0.25) is 20.1 Å². The molecule has 4 aromatic rings. The Bertz CT molecular complexity index is 1240. The maximum Gasteiger partial charge on any atom is 0.156 e. The van der Waals surface area contributed by atoms with Gasteiger partial charge in [0, 0.05) is 29.0 Å². The van der Waals surface area contributed by atoms with Crippen molar-refractivity contribution < 1.29 is 4.79 Å². The number of Topliss-reactive ketones (excluding diaryl/α,β-unsaturated/α-hetero) is 1. The highest BCUT2D eigenvalue weighted by atomic mass is 79.9. The molecule has 0 aliphatic carbocycles. The highest BCUT2D eigenvalue weighted by Gasteiger charge is 2.34. The molecule has 0 aliphatic rings. The molecule has 0 aliphatic heterocycles. The zero-order valence-electron chi connectivity index (χ0n) is 17.4. The number of hydrogen-bond acceptors (Lipinski definition) is 1. The number of benzene rings is 4. The van der Waals surface area contributed by atoms with Gasteiger partial charge in [0.15, 0.2) is 5.78 Å². The van der Waals surface area contributed by atoms with E-state index in [4.69, 9.17) is 46.4 Å². The minimum absolute atomic E-state index is 0.0712. The minimum atomic E-state index is -0.654. The van der Waals surface area contributed by atoms with Crippen LogP contribution in [0.5, 0.6) is 0 Å². The Balaban J connectivity index is 1.94. The minimum Gasteiger partial charge on any atom is -0.298 e. The van der Waals surface area contributed by atoms with E-state index in [0.717, 1.165) is 20.1 Å². The fourth-order valence-corrected chi connectivity index (χ4v) is 5.51. The SMILES string of the molecule is O=C(C(c1ccc(Br)cc1)c1ccc(Cl)cc1Cl)C(c1ccc(Br)cc1)c1ccc(Cl)cc1Cl. The van der Waals surface area contributed by atoms with Gasteiger partial charge in [0.05, 0.1) is 11.8 Å². The quantitative estimate of drug-likeness (QED) is 0.202. The largest absolute Gasteiger partial charge is 0.298 e. The van der Waals surface area contributed by atoms with Gasteiger partial charge in [-0.2, -0.15) is 0 Å². The molecule has 4 aromatic carbocycles. The van der Waals surface area contributed by atoms with Gasteiger partial charge in [0.2, 0.25) is 0 Å². The summed E-state index contributed by atoms with van der Waals surface area (Å²) >= 11 is 32.5. The second-order valence-corrected chi connectivity index (χ2v) is 11.2. The van der Waals surface area contributed by atoms with Crippen molar-refractivity contribution in [1.82, 2.24) is 0 Å². The molecule has 1 nitrogen and oxygen atoms in total. The average molecular weight is 658 g/mol. The van der Waals surface area contributed by atoms with Crippen LogP contribution < -0.4 is 0 Å². The summed E-state index contributed by atoms with van der Waals surface area (Å²) < 4.78 is 1.82. The Morgan fingerprint density at radius 1 is 0.559 bits per heavy atom. The first kappa shape index (κ1) is 25.8. The van der Waals surface area contributed by atoms with Crippen molar-refractivity contribution in [2.45, 2.75) is 11.8 Å². The molecule has 7 heteroatoms. The van der Waals surface area contributed by atoms with Crippen LogP contribution >= 0.6 is 78.3 Å². The highest BCUT2D eigenvalue weighted by molar-refractivity contribution is 9.10. The predicted octanol–water partition coefficient (Wildman–Crippen LogP) is 10.4. The Morgan fingerprint density at radius 3 is 1.24 bits per heavy atom. The van der Waals surface area contributed by atoms with Crippen LogP contribution in [0.15, 0.2) is 93.9 Å². The van der Waals surface area contributed by atoms with Gasteiger partial charge in [0.1, 0.15) is 0 Å². The molecule has 0 fully saturated rings. The lowest BCUT2D eigenvalue weighted by atomic mass is 9.77. The summed E-state index contributed by atoms with van der Waals surface area (Å²) in [4.78, 5) is 14.5. The van der Waals surface area contributed by atoms with Gasteiger partial charge < -0.3 is 0 Å². The molecule has 172 valence electrons. The molecule has 2 unspecified atom stereocenters. The molecule has 0 radical (unpaired) electrons. The second kappa shape index (κ2) is 11.2. The van der Waals surface area contributed by atoms with E-state index < -0.39 is 11.8 Å². The zero-order valence-corrected chi connectivity index (χ0v) is 23.6. The number of carbonyl (C=O) groups is 1. The van der Waals surface area contributed by atoms with E-state index in [1.165, 1.54) is 0 Å². The number of ketones is 1. The van der Waals surface area contributed by atoms with Gasteiger partial charge >= 0.3 is 0 Å². The molecule has 2 atom stereocenters. The van der Waals surface area contributed by atoms with E-state index in [-0.39, 0.29) is 5.78 Å². The molecule has 0 saturated heterocycles. The van der Waals surface area contributed by atoms with E-state index in [2.05, 4.69) is 31.9 Å². The summed E-state index contributed by atoms with van der Waals surface area (Å²) in [5, 5.41) is 1.85. The molecule has 34 heavy (non-hydrogen) atoms. The van der Waals surface area contributed by atoms with Crippen LogP contribution in [0.3, 0.4) is 0 Å². The molecular weight excluding hydrogens is 642 g/mol. The third kappa shape index (κ3) is 5.73. The molecule has 0 heterocycles. The molecular formula is C27H16Br2Cl4O. The van der Waals surface area contributed by atoms with Crippen molar-refractivity contribution in [3.63, 3.8) is 0 Å². The van der Waals surface area contributed by atoms with E-state index in [1.54, 1.807) is 36.4 Å². The summed E-state index contributed by atoms with van der Waals surface area (Å²) in [6, 6.07) is 25.7. The van der Waals surface area contributed by atoms with Gasteiger partial charge in [-0.1, -0.05) is 115 Å². The molecule has 0 spiro atoms. The van der Waals surface area contributed by atoms with Gasteiger partial charge in [-0.15, -0.1) is 0 Å². The Morgan fingerprint density at radius 2 is 0.912 bits per heavy atom. The lowest BCUT2D eigenvalue weighted by Gasteiger charge is -2.26. The van der Waals surface area contributed by atoms with Crippen molar-refractivity contribution in [2.75, 3.05) is 0 Å². The van der Waals surface area contributed by atoms with Crippen molar-refractivity contribution in [2.24, 2.45) is 0 Å². The maximum atomic E-state index is 14.5. The van der Waals surface area contributed by atoms with Gasteiger partial charge in [-0.25, -0.2) is 0 Å². The molecule has 0 N–H and O–H groups in total. The molecule has 4 rings (SSSR count). The summed E-state index contributed by atoms with van der Waals surface area (Å²) in [5.41, 5.74) is 2.96. The maximum absolute atomic E-state index is 14.5. The summed E-state index contributed by atoms with van der Waals surface area (Å²) in [5.74, 6) is -1.38. The third-order valence-electron chi connectivity index (χ3n) is 5.52. The van der Waals surface area contributed by atoms with E-state index in [9.17, 15) is 4.79 Å². The number of carbonyl (C=O) groups excluding carboxylic acids is 1. The fraction of sp³-hybridized carbons (Fsp3) is 0.0741. The van der Waals surface area contributed by atoms with Gasteiger partial charge in [-0.05, 0) is 70.8 Å². The lowest BCUT2D eigenvalue weighted by Crippen LogP contribution is -2.23. The van der Waals surface area contributed by atoms with Crippen LogP contribution in [0.1, 0.15) is 34.1 Å². The van der Waals surface area contributed by atoms with Crippen LogP contribution in [0, 0.1) is 0 Å². The third-order valence-corrected chi connectivity index (χ3v) is 7.70. The first-order valence-corrected chi connectivity index (χ1v) is 13.3. The summed E-state index contributed by atoms with van der Waals surface area (Å²) in [6.45, 7) is 0. The van der Waals surface area contributed by atoms with E-state index in [0.29, 0.717) is 31.2 Å². The van der Waals surface area contributed by atoms with Crippen LogP contribution in [0.4, 0.5) is 0 Å². The van der Waals surface area contributed by atoms with Crippen LogP contribution in [0.25, 0.3) is 0 Å². The first-order valence-electron chi connectivity index (χ1n) is 10.2. The Kier molecular flexibility index (Phi) is 8.45. The lowest BCUT2D eigenvalue weighted by molar-refractivity contribution is -0.120. The van der Waals surface area contributed by atoms with Crippen LogP contribution in [-0.2, 0) is 4.79 Å².